The van der Waals surface area contributed by atoms with Crippen molar-refractivity contribution in [1.29, 1.82) is 0 Å². The molecule has 140 valence electrons. The molecule has 0 atom stereocenters. The molecule has 2 aromatic rings. The molecular formula is C20H30N6. The maximum atomic E-state index is 4.71. The van der Waals surface area contributed by atoms with E-state index in [0.29, 0.717) is 0 Å². The number of hydrogen-bond acceptors (Lipinski definition) is 6. The Morgan fingerprint density at radius 3 is 2.15 bits per heavy atom. The molecule has 6 nitrogen and oxygen atoms in total. The Balaban J connectivity index is 1.72. The van der Waals surface area contributed by atoms with Crippen LogP contribution < -0.4 is 14.7 Å². The van der Waals surface area contributed by atoms with Crippen LogP contribution in [0, 0.1) is 6.92 Å². The molecule has 0 saturated carbocycles. The Kier molecular flexibility index (Phi) is 6.26. The number of hydrogen-bond donors (Lipinski definition) is 0. The average Bonchev–Trinajstić information content (AvgIpc) is 2.68. The SMILES string of the molecule is CCCN(CCC)c1cc(N2CCN(c3ccccn3)CC2)nc(C)n1. The minimum absolute atomic E-state index is 0.849. The molecule has 0 spiro atoms. The van der Waals surface area contributed by atoms with E-state index in [-0.39, 0.29) is 0 Å². The van der Waals surface area contributed by atoms with E-state index in [1.54, 1.807) is 0 Å². The Morgan fingerprint density at radius 2 is 1.58 bits per heavy atom. The van der Waals surface area contributed by atoms with Crippen molar-refractivity contribution in [3.8, 4) is 0 Å². The number of aryl methyl sites for hydroxylation is 1. The standard InChI is InChI=1S/C20H30N6/c1-4-10-24(11-5-2)19-16-20(23-17(3)22-19)26-14-12-25(13-15-26)18-8-6-7-9-21-18/h6-9,16H,4-5,10-15H2,1-3H3. The van der Waals surface area contributed by atoms with E-state index < -0.39 is 0 Å². The maximum Gasteiger partial charge on any atom is 0.134 e. The molecule has 1 fully saturated rings. The first kappa shape index (κ1) is 18.4. The number of piperazine rings is 1. The summed E-state index contributed by atoms with van der Waals surface area (Å²) in [6.07, 6.45) is 4.11. The van der Waals surface area contributed by atoms with Crippen LogP contribution in [0.25, 0.3) is 0 Å². The van der Waals surface area contributed by atoms with Gasteiger partial charge >= 0.3 is 0 Å². The predicted molar refractivity (Wildman–Crippen MR) is 108 cm³/mol. The van der Waals surface area contributed by atoms with Crippen LogP contribution in [0.2, 0.25) is 0 Å². The van der Waals surface area contributed by atoms with Crippen LogP contribution >= 0.6 is 0 Å². The van der Waals surface area contributed by atoms with Crippen LogP contribution in [0.15, 0.2) is 30.5 Å². The lowest BCUT2D eigenvalue weighted by atomic mass is 10.3. The van der Waals surface area contributed by atoms with E-state index >= 15 is 0 Å². The van der Waals surface area contributed by atoms with Gasteiger partial charge in [0.2, 0.25) is 0 Å². The van der Waals surface area contributed by atoms with Crippen molar-refractivity contribution in [2.75, 3.05) is 54.0 Å². The van der Waals surface area contributed by atoms with Crippen molar-refractivity contribution in [2.45, 2.75) is 33.6 Å². The van der Waals surface area contributed by atoms with Gasteiger partial charge in [0.1, 0.15) is 23.3 Å². The van der Waals surface area contributed by atoms with Crippen LogP contribution in [0.1, 0.15) is 32.5 Å². The molecule has 1 aliphatic heterocycles. The fourth-order valence-corrected chi connectivity index (χ4v) is 3.45. The molecule has 3 rings (SSSR count). The van der Waals surface area contributed by atoms with Crippen molar-refractivity contribution in [2.24, 2.45) is 0 Å². The zero-order valence-electron chi connectivity index (χ0n) is 16.2. The van der Waals surface area contributed by atoms with E-state index in [2.05, 4.69) is 45.7 Å². The zero-order chi connectivity index (χ0) is 18.4. The summed E-state index contributed by atoms with van der Waals surface area (Å²) in [5.41, 5.74) is 0. The Morgan fingerprint density at radius 1 is 0.923 bits per heavy atom. The molecule has 0 unspecified atom stereocenters. The Labute approximate surface area is 156 Å². The Bertz CT molecular complexity index is 676. The smallest absolute Gasteiger partial charge is 0.134 e. The second-order valence-electron chi connectivity index (χ2n) is 6.78. The molecule has 26 heavy (non-hydrogen) atoms. The summed E-state index contributed by atoms with van der Waals surface area (Å²) in [5.74, 6) is 4.01. The molecule has 2 aromatic heterocycles. The minimum Gasteiger partial charge on any atom is -0.356 e. The monoisotopic (exact) mass is 354 g/mol. The van der Waals surface area contributed by atoms with Crippen molar-refractivity contribution < 1.29 is 0 Å². The maximum absolute atomic E-state index is 4.71. The van der Waals surface area contributed by atoms with Gasteiger partial charge in [-0.05, 0) is 31.9 Å². The van der Waals surface area contributed by atoms with Gasteiger partial charge in [0, 0.05) is 51.5 Å². The van der Waals surface area contributed by atoms with Crippen LogP contribution in [0.5, 0.6) is 0 Å². The first-order chi connectivity index (χ1) is 12.7. The third-order valence-electron chi connectivity index (χ3n) is 4.70. The van der Waals surface area contributed by atoms with Gasteiger partial charge in [0.15, 0.2) is 0 Å². The number of pyridine rings is 1. The summed E-state index contributed by atoms with van der Waals surface area (Å²) in [4.78, 5) is 21.0. The van der Waals surface area contributed by atoms with Gasteiger partial charge in [-0.1, -0.05) is 19.9 Å². The highest BCUT2D eigenvalue weighted by atomic mass is 15.3. The molecule has 1 saturated heterocycles. The summed E-state index contributed by atoms with van der Waals surface area (Å²) < 4.78 is 0. The molecule has 0 aliphatic carbocycles. The van der Waals surface area contributed by atoms with E-state index in [0.717, 1.165) is 75.4 Å². The predicted octanol–water partition coefficient (Wildman–Crippen LogP) is 3.13. The first-order valence-corrected chi connectivity index (χ1v) is 9.72. The van der Waals surface area contributed by atoms with Gasteiger partial charge < -0.3 is 14.7 Å². The molecule has 0 bridgehead atoms. The number of anilines is 3. The average molecular weight is 355 g/mol. The van der Waals surface area contributed by atoms with Crippen LogP contribution in [0.4, 0.5) is 17.5 Å². The van der Waals surface area contributed by atoms with Gasteiger partial charge in [-0.3, -0.25) is 0 Å². The highest BCUT2D eigenvalue weighted by molar-refractivity contribution is 5.52. The molecule has 0 N–H and O–H groups in total. The summed E-state index contributed by atoms with van der Waals surface area (Å²) in [7, 11) is 0. The van der Waals surface area contributed by atoms with E-state index in [9.17, 15) is 0 Å². The lowest BCUT2D eigenvalue weighted by Gasteiger charge is -2.36. The summed E-state index contributed by atoms with van der Waals surface area (Å²) in [6.45, 7) is 12.3. The normalized spacial score (nSPS) is 14.6. The number of aromatic nitrogens is 3. The largest absolute Gasteiger partial charge is 0.356 e. The van der Waals surface area contributed by atoms with Crippen LogP contribution in [-0.4, -0.2) is 54.2 Å². The topological polar surface area (TPSA) is 48.4 Å². The minimum atomic E-state index is 0.849. The fraction of sp³-hybridized carbons (Fsp3) is 0.550. The third-order valence-corrected chi connectivity index (χ3v) is 4.70. The van der Waals surface area contributed by atoms with Crippen molar-refractivity contribution in [3.05, 3.63) is 36.3 Å². The van der Waals surface area contributed by atoms with E-state index in [1.165, 1.54) is 0 Å². The van der Waals surface area contributed by atoms with Gasteiger partial charge in [-0.2, -0.15) is 0 Å². The zero-order valence-corrected chi connectivity index (χ0v) is 16.2. The molecule has 0 radical (unpaired) electrons. The van der Waals surface area contributed by atoms with Crippen molar-refractivity contribution in [3.63, 3.8) is 0 Å². The lowest BCUT2D eigenvalue weighted by Crippen LogP contribution is -2.47. The van der Waals surface area contributed by atoms with E-state index in [4.69, 9.17) is 9.97 Å². The summed E-state index contributed by atoms with van der Waals surface area (Å²) in [6, 6.07) is 8.25. The summed E-state index contributed by atoms with van der Waals surface area (Å²) >= 11 is 0. The van der Waals surface area contributed by atoms with Gasteiger partial charge in [-0.25, -0.2) is 15.0 Å². The summed E-state index contributed by atoms with van der Waals surface area (Å²) in [5, 5.41) is 0. The Hall–Kier alpha value is -2.37. The van der Waals surface area contributed by atoms with Crippen LogP contribution in [-0.2, 0) is 0 Å². The molecule has 0 amide bonds. The molecule has 1 aliphatic rings. The molecule has 0 aromatic carbocycles. The highest BCUT2D eigenvalue weighted by Crippen LogP contribution is 2.22. The van der Waals surface area contributed by atoms with Crippen molar-refractivity contribution >= 4 is 17.5 Å². The second kappa shape index (κ2) is 8.83. The molecule has 6 heteroatoms. The van der Waals surface area contributed by atoms with Crippen molar-refractivity contribution in [1.82, 2.24) is 15.0 Å². The number of rotatable bonds is 7. The molecular weight excluding hydrogens is 324 g/mol. The van der Waals surface area contributed by atoms with Crippen LogP contribution in [0.3, 0.4) is 0 Å². The van der Waals surface area contributed by atoms with Gasteiger partial charge in [0.05, 0.1) is 0 Å². The molecule has 3 heterocycles. The first-order valence-electron chi connectivity index (χ1n) is 9.72. The lowest BCUT2D eigenvalue weighted by molar-refractivity contribution is 0.639. The van der Waals surface area contributed by atoms with E-state index in [1.807, 2.05) is 25.3 Å². The highest BCUT2D eigenvalue weighted by Gasteiger charge is 2.20. The fourth-order valence-electron chi connectivity index (χ4n) is 3.45. The quantitative estimate of drug-likeness (QED) is 0.761. The third kappa shape index (κ3) is 4.42. The van der Waals surface area contributed by atoms with Gasteiger partial charge in [0.25, 0.3) is 0 Å². The van der Waals surface area contributed by atoms with Gasteiger partial charge in [-0.15, -0.1) is 0 Å². The number of nitrogens with zero attached hydrogens (tertiary/aromatic N) is 6. The second-order valence-corrected chi connectivity index (χ2v) is 6.78.